The van der Waals surface area contributed by atoms with Crippen molar-refractivity contribution in [3.63, 3.8) is 0 Å². The van der Waals surface area contributed by atoms with Crippen molar-refractivity contribution in [1.82, 2.24) is 0 Å². The van der Waals surface area contributed by atoms with Crippen molar-refractivity contribution in [3.8, 4) is 28.0 Å². The summed E-state index contributed by atoms with van der Waals surface area (Å²) < 4.78 is 6.69. The number of hydrogen-bond acceptors (Lipinski definition) is 3. The molecule has 8 aromatic carbocycles. The SMILES string of the molecule is C1=CC2=C3C(C1)c1ccccc1N3c1ccc(-c3cccc(N(c4ccc(-c5ccc6ccccc6c5)cc4)c4cccc5ccccc45)c3)cc1O2. The summed E-state index contributed by atoms with van der Waals surface area (Å²) in [6.45, 7) is 0. The Hall–Kier alpha value is -6.84. The fourth-order valence-electron chi connectivity index (χ4n) is 8.59. The number of para-hydroxylation sites is 1. The Morgan fingerprint density at radius 3 is 2.15 bits per heavy atom. The van der Waals surface area contributed by atoms with Gasteiger partial charge in [0.2, 0.25) is 0 Å². The molecule has 1 unspecified atom stereocenters. The first kappa shape index (κ1) is 29.8. The van der Waals surface area contributed by atoms with E-state index >= 15 is 0 Å². The monoisotopic (exact) mass is 678 g/mol. The third kappa shape index (κ3) is 4.82. The molecular weight excluding hydrogens is 645 g/mol. The summed E-state index contributed by atoms with van der Waals surface area (Å²) in [6, 6.07) is 63.8. The van der Waals surface area contributed by atoms with Crippen molar-refractivity contribution in [1.29, 1.82) is 0 Å². The van der Waals surface area contributed by atoms with E-state index in [0.29, 0.717) is 5.92 Å². The maximum absolute atomic E-state index is 6.69. The number of hydrogen-bond donors (Lipinski definition) is 0. The van der Waals surface area contributed by atoms with Gasteiger partial charge in [-0.1, -0.05) is 127 Å². The van der Waals surface area contributed by atoms with Crippen LogP contribution >= 0.6 is 0 Å². The van der Waals surface area contributed by atoms with Crippen LogP contribution in [0.25, 0.3) is 43.8 Å². The molecule has 8 aromatic rings. The molecule has 0 bridgehead atoms. The summed E-state index contributed by atoms with van der Waals surface area (Å²) in [4.78, 5) is 4.80. The summed E-state index contributed by atoms with van der Waals surface area (Å²) in [7, 11) is 0. The van der Waals surface area contributed by atoms with E-state index in [1.807, 2.05) is 0 Å². The van der Waals surface area contributed by atoms with Crippen LogP contribution in [0.4, 0.5) is 28.4 Å². The largest absolute Gasteiger partial charge is 0.453 e. The molecule has 1 aliphatic carbocycles. The highest BCUT2D eigenvalue weighted by molar-refractivity contribution is 5.99. The third-order valence-corrected chi connectivity index (χ3v) is 11.1. The molecule has 250 valence electrons. The first-order valence-corrected chi connectivity index (χ1v) is 18.4. The Morgan fingerprint density at radius 1 is 0.509 bits per heavy atom. The van der Waals surface area contributed by atoms with E-state index in [4.69, 9.17) is 4.74 Å². The van der Waals surface area contributed by atoms with Crippen LogP contribution in [0, 0.1) is 0 Å². The molecule has 0 saturated carbocycles. The van der Waals surface area contributed by atoms with Gasteiger partial charge >= 0.3 is 0 Å². The van der Waals surface area contributed by atoms with E-state index in [9.17, 15) is 0 Å². The number of allylic oxidation sites excluding steroid dienone is 3. The fraction of sp³-hybridized carbons (Fsp3) is 0.0400. The molecule has 1 atom stereocenters. The van der Waals surface area contributed by atoms with Gasteiger partial charge in [0, 0.05) is 22.7 Å². The zero-order valence-electron chi connectivity index (χ0n) is 29.0. The molecular formula is C50H34N2O. The lowest BCUT2D eigenvalue weighted by Gasteiger charge is -2.33. The molecule has 0 spiro atoms. The predicted molar refractivity (Wildman–Crippen MR) is 220 cm³/mol. The Morgan fingerprint density at radius 2 is 1.23 bits per heavy atom. The second kappa shape index (κ2) is 11.9. The topological polar surface area (TPSA) is 15.7 Å². The second-order valence-corrected chi connectivity index (χ2v) is 14.1. The minimum atomic E-state index is 0.331. The fourth-order valence-corrected chi connectivity index (χ4v) is 8.59. The highest BCUT2D eigenvalue weighted by Gasteiger charge is 2.41. The molecule has 0 fully saturated rings. The molecule has 2 heterocycles. The van der Waals surface area contributed by atoms with Crippen LogP contribution in [-0.2, 0) is 0 Å². The van der Waals surface area contributed by atoms with Gasteiger partial charge in [-0.2, -0.15) is 0 Å². The lowest BCUT2D eigenvalue weighted by molar-refractivity contribution is 0.419. The van der Waals surface area contributed by atoms with Gasteiger partial charge in [-0.15, -0.1) is 0 Å². The molecule has 2 aliphatic heterocycles. The van der Waals surface area contributed by atoms with E-state index in [1.54, 1.807) is 0 Å². The average Bonchev–Trinajstić information content (AvgIpc) is 3.57. The van der Waals surface area contributed by atoms with Crippen LogP contribution in [0.15, 0.2) is 200 Å². The van der Waals surface area contributed by atoms with Crippen molar-refractivity contribution in [2.24, 2.45) is 0 Å². The molecule has 3 heteroatoms. The molecule has 0 N–H and O–H groups in total. The normalized spacial score (nSPS) is 15.2. The third-order valence-electron chi connectivity index (χ3n) is 11.1. The molecule has 11 rings (SSSR count). The highest BCUT2D eigenvalue weighted by atomic mass is 16.5. The first-order chi connectivity index (χ1) is 26.3. The Bertz CT molecular complexity index is 2810. The quantitative estimate of drug-likeness (QED) is 0.180. The molecule has 53 heavy (non-hydrogen) atoms. The standard InChI is InChI=1S/C50H34N2O/c1-2-12-36-30-38(23-22-33(36)10-1)34-24-27-40(28-25-34)51(45-20-8-13-35-11-3-4-16-42(35)45)41-15-7-14-37(31-41)39-26-29-47-49(32-39)53-48-21-9-18-44-43-17-5-6-19-46(43)52(47)50(44)48/h1-17,19-32,44H,18H2. The zero-order valence-corrected chi connectivity index (χ0v) is 29.0. The number of fused-ring (bicyclic) bond motifs is 7. The van der Waals surface area contributed by atoms with E-state index < -0.39 is 0 Å². The minimum absolute atomic E-state index is 0.331. The van der Waals surface area contributed by atoms with Crippen LogP contribution in [0.3, 0.4) is 0 Å². The summed E-state index contributed by atoms with van der Waals surface area (Å²) in [5.41, 5.74) is 13.0. The van der Waals surface area contributed by atoms with E-state index in [-0.39, 0.29) is 0 Å². The lowest BCUT2D eigenvalue weighted by atomic mass is 9.91. The number of anilines is 5. The number of benzene rings is 8. The van der Waals surface area contributed by atoms with Gasteiger partial charge < -0.3 is 14.5 Å². The van der Waals surface area contributed by atoms with Crippen LogP contribution in [-0.4, -0.2) is 0 Å². The summed E-state index contributed by atoms with van der Waals surface area (Å²) in [5, 5.41) is 4.91. The van der Waals surface area contributed by atoms with Crippen LogP contribution in [0.1, 0.15) is 17.9 Å². The molecule has 3 aliphatic rings. The number of ether oxygens (including phenoxy) is 1. The van der Waals surface area contributed by atoms with E-state index in [2.05, 4.69) is 198 Å². The lowest BCUT2D eigenvalue weighted by Crippen LogP contribution is -2.23. The number of nitrogens with zero attached hydrogens (tertiary/aromatic N) is 2. The number of rotatable bonds is 5. The Balaban J connectivity index is 1.01. The Labute approximate surface area is 309 Å². The van der Waals surface area contributed by atoms with E-state index in [1.165, 1.54) is 49.6 Å². The summed E-state index contributed by atoms with van der Waals surface area (Å²) in [6.07, 6.45) is 5.39. The second-order valence-electron chi connectivity index (χ2n) is 14.1. The van der Waals surface area contributed by atoms with Gasteiger partial charge in [-0.05, 0) is 111 Å². The maximum Gasteiger partial charge on any atom is 0.152 e. The molecule has 0 saturated heterocycles. The van der Waals surface area contributed by atoms with Crippen LogP contribution < -0.4 is 14.5 Å². The van der Waals surface area contributed by atoms with Crippen molar-refractivity contribution >= 4 is 50.0 Å². The maximum atomic E-state index is 6.69. The predicted octanol–water partition coefficient (Wildman–Crippen LogP) is 13.6. The smallest absolute Gasteiger partial charge is 0.152 e. The van der Waals surface area contributed by atoms with Gasteiger partial charge in [-0.25, -0.2) is 0 Å². The molecule has 3 nitrogen and oxygen atoms in total. The van der Waals surface area contributed by atoms with Crippen LogP contribution in [0.2, 0.25) is 0 Å². The van der Waals surface area contributed by atoms with Gasteiger partial charge in [0.25, 0.3) is 0 Å². The van der Waals surface area contributed by atoms with Crippen molar-refractivity contribution in [2.45, 2.75) is 12.3 Å². The average molecular weight is 679 g/mol. The van der Waals surface area contributed by atoms with Crippen LogP contribution in [0.5, 0.6) is 5.75 Å². The van der Waals surface area contributed by atoms with Gasteiger partial charge in [0.05, 0.1) is 22.8 Å². The van der Waals surface area contributed by atoms with Crippen molar-refractivity contribution in [3.05, 3.63) is 205 Å². The summed E-state index contributed by atoms with van der Waals surface area (Å²) in [5.74, 6) is 2.16. The molecule has 0 amide bonds. The molecule has 0 radical (unpaired) electrons. The van der Waals surface area contributed by atoms with Gasteiger partial charge in [0.15, 0.2) is 5.75 Å². The minimum Gasteiger partial charge on any atom is -0.453 e. The Kier molecular flexibility index (Phi) is 6.68. The summed E-state index contributed by atoms with van der Waals surface area (Å²) >= 11 is 0. The zero-order chi connectivity index (χ0) is 34.9. The molecule has 0 aromatic heterocycles. The van der Waals surface area contributed by atoms with Gasteiger partial charge in [-0.3, -0.25) is 0 Å². The van der Waals surface area contributed by atoms with E-state index in [0.717, 1.165) is 51.8 Å². The van der Waals surface area contributed by atoms with Crippen molar-refractivity contribution < 1.29 is 4.74 Å². The first-order valence-electron chi connectivity index (χ1n) is 18.4. The van der Waals surface area contributed by atoms with Crippen molar-refractivity contribution in [2.75, 3.05) is 9.80 Å². The van der Waals surface area contributed by atoms with Gasteiger partial charge in [0.1, 0.15) is 5.76 Å². The highest BCUT2D eigenvalue weighted by Crippen LogP contribution is 2.56.